The summed E-state index contributed by atoms with van der Waals surface area (Å²) in [6.07, 6.45) is 0.863. The molecule has 0 aliphatic heterocycles. The van der Waals surface area contributed by atoms with Gasteiger partial charge in [0.2, 0.25) is 0 Å². The Bertz CT molecular complexity index is 623. The van der Waals surface area contributed by atoms with E-state index in [4.69, 9.17) is 0 Å². The summed E-state index contributed by atoms with van der Waals surface area (Å²) in [7, 11) is 0. The Morgan fingerprint density at radius 1 is 1.05 bits per heavy atom. The van der Waals surface area contributed by atoms with Gasteiger partial charge < -0.3 is 0 Å². The number of allylic oxidation sites excluding steroid dienone is 1. The van der Waals surface area contributed by atoms with Crippen LogP contribution < -0.4 is 0 Å². The van der Waals surface area contributed by atoms with Gasteiger partial charge >= 0.3 is 0 Å². The van der Waals surface area contributed by atoms with E-state index in [-0.39, 0.29) is 5.78 Å². The highest BCUT2D eigenvalue weighted by molar-refractivity contribution is 6.10. The lowest BCUT2D eigenvalue weighted by atomic mass is 9.95. The molecule has 0 saturated carbocycles. The minimum Gasteiger partial charge on any atom is -0.289 e. The first-order valence-corrected chi connectivity index (χ1v) is 6.52. The van der Waals surface area contributed by atoms with Gasteiger partial charge in [-0.05, 0) is 30.5 Å². The van der Waals surface area contributed by atoms with Crippen molar-refractivity contribution in [1.29, 1.82) is 0 Å². The van der Waals surface area contributed by atoms with Crippen LogP contribution in [0.5, 0.6) is 0 Å². The van der Waals surface area contributed by atoms with Gasteiger partial charge in [-0.15, -0.1) is 0 Å². The van der Waals surface area contributed by atoms with Crippen LogP contribution in [0.3, 0.4) is 0 Å². The molecule has 0 bridgehead atoms. The van der Waals surface area contributed by atoms with Crippen LogP contribution in [-0.2, 0) is 6.42 Å². The Morgan fingerprint density at radius 3 is 2.42 bits per heavy atom. The van der Waals surface area contributed by atoms with Crippen LogP contribution in [0, 0.1) is 0 Å². The molecule has 2 aromatic carbocycles. The van der Waals surface area contributed by atoms with Crippen LogP contribution >= 0.6 is 0 Å². The maximum absolute atomic E-state index is 12.6. The fourth-order valence-corrected chi connectivity index (χ4v) is 2.13. The Balaban J connectivity index is 2.44. The van der Waals surface area contributed by atoms with Crippen molar-refractivity contribution < 1.29 is 4.79 Å². The van der Waals surface area contributed by atoms with E-state index in [2.05, 4.69) is 13.5 Å². The van der Waals surface area contributed by atoms with Crippen molar-refractivity contribution in [3.63, 3.8) is 0 Å². The molecule has 0 saturated heterocycles. The van der Waals surface area contributed by atoms with Crippen molar-refractivity contribution in [3.05, 3.63) is 77.4 Å². The molecule has 1 nitrogen and oxygen atoms in total. The molecule has 0 atom stereocenters. The molecule has 2 aromatic rings. The zero-order valence-corrected chi connectivity index (χ0v) is 11.4. The molecule has 2 rings (SSSR count). The van der Waals surface area contributed by atoms with E-state index in [0.29, 0.717) is 0 Å². The Morgan fingerprint density at radius 2 is 1.74 bits per heavy atom. The molecule has 0 fully saturated rings. The summed E-state index contributed by atoms with van der Waals surface area (Å²) in [4.78, 5) is 12.6. The average Bonchev–Trinajstić information content (AvgIpc) is 2.46. The number of hydrogen-bond donors (Lipinski definition) is 0. The van der Waals surface area contributed by atoms with E-state index in [1.54, 1.807) is 0 Å². The molecule has 0 unspecified atom stereocenters. The van der Waals surface area contributed by atoms with Gasteiger partial charge in [0.1, 0.15) is 0 Å². The van der Waals surface area contributed by atoms with Crippen molar-refractivity contribution in [3.8, 4) is 0 Å². The highest BCUT2D eigenvalue weighted by Crippen LogP contribution is 2.18. The predicted molar refractivity (Wildman–Crippen MR) is 80.4 cm³/mol. The maximum Gasteiger partial charge on any atom is 0.193 e. The van der Waals surface area contributed by atoms with Crippen molar-refractivity contribution in [2.24, 2.45) is 0 Å². The molecule has 0 aliphatic rings. The number of benzene rings is 2. The van der Waals surface area contributed by atoms with Gasteiger partial charge in [0.05, 0.1) is 0 Å². The van der Waals surface area contributed by atoms with Gasteiger partial charge in [-0.3, -0.25) is 4.79 Å². The molecular formula is C18H18O. The largest absolute Gasteiger partial charge is 0.289 e. The number of rotatable bonds is 4. The number of ketones is 1. The first-order valence-electron chi connectivity index (χ1n) is 6.52. The zero-order valence-electron chi connectivity index (χ0n) is 11.4. The Kier molecular flexibility index (Phi) is 3.96. The summed E-state index contributed by atoms with van der Waals surface area (Å²) in [5, 5.41) is 0. The summed E-state index contributed by atoms with van der Waals surface area (Å²) < 4.78 is 0. The van der Waals surface area contributed by atoms with E-state index < -0.39 is 0 Å². The fourth-order valence-electron chi connectivity index (χ4n) is 2.13. The first-order chi connectivity index (χ1) is 9.13. The molecule has 0 spiro atoms. The highest BCUT2D eigenvalue weighted by atomic mass is 16.1. The molecular weight excluding hydrogens is 232 g/mol. The first kappa shape index (κ1) is 13.3. The standard InChI is InChI=1S/C18H18O/c1-4-14-8-5-6-11-17(14)18(19)16-10-7-9-15(12-16)13(2)3/h5-12H,2,4H2,1,3H3. The monoisotopic (exact) mass is 250 g/mol. The van der Waals surface area contributed by atoms with Crippen molar-refractivity contribution >= 4 is 11.4 Å². The van der Waals surface area contributed by atoms with Crippen molar-refractivity contribution in [1.82, 2.24) is 0 Å². The molecule has 1 heteroatoms. The van der Waals surface area contributed by atoms with Gasteiger partial charge in [0.25, 0.3) is 0 Å². The number of carbonyl (C=O) groups is 1. The summed E-state index contributed by atoms with van der Waals surface area (Å²) in [6.45, 7) is 7.93. The van der Waals surface area contributed by atoms with E-state index in [9.17, 15) is 4.79 Å². The highest BCUT2D eigenvalue weighted by Gasteiger charge is 2.12. The third-order valence-corrected chi connectivity index (χ3v) is 3.26. The van der Waals surface area contributed by atoms with Crippen LogP contribution in [0.2, 0.25) is 0 Å². The third-order valence-electron chi connectivity index (χ3n) is 3.26. The van der Waals surface area contributed by atoms with E-state index in [1.165, 1.54) is 0 Å². The van der Waals surface area contributed by atoms with Gasteiger partial charge in [-0.2, -0.15) is 0 Å². The zero-order chi connectivity index (χ0) is 13.8. The normalized spacial score (nSPS) is 10.2. The minimum atomic E-state index is 0.0838. The topological polar surface area (TPSA) is 17.1 Å². The quantitative estimate of drug-likeness (QED) is 0.729. The second kappa shape index (κ2) is 5.66. The number of aryl methyl sites for hydroxylation is 1. The third kappa shape index (κ3) is 2.82. The number of hydrogen-bond acceptors (Lipinski definition) is 1. The minimum absolute atomic E-state index is 0.0838. The molecule has 0 heterocycles. The Labute approximate surface area is 114 Å². The van der Waals surface area contributed by atoms with Crippen LogP contribution in [0.25, 0.3) is 5.57 Å². The summed E-state index contributed by atoms with van der Waals surface area (Å²) in [5.41, 5.74) is 4.59. The molecule has 0 N–H and O–H groups in total. The van der Waals surface area contributed by atoms with E-state index in [0.717, 1.165) is 34.2 Å². The van der Waals surface area contributed by atoms with Gasteiger partial charge in [-0.25, -0.2) is 0 Å². The van der Waals surface area contributed by atoms with Crippen molar-refractivity contribution in [2.45, 2.75) is 20.3 Å². The fraction of sp³-hybridized carbons (Fsp3) is 0.167. The molecule has 96 valence electrons. The van der Waals surface area contributed by atoms with Crippen LogP contribution in [0.1, 0.15) is 40.9 Å². The lowest BCUT2D eigenvalue weighted by molar-refractivity contribution is 0.103. The van der Waals surface area contributed by atoms with Crippen LogP contribution in [-0.4, -0.2) is 5.78 Å². The predicted octanol–water partition coefficient (Wildman–Crippen LogP) is 4.51. The lowest BCUT2D eigenvalue weighted by Crippen LogP contribution is -2.05. The van der Waals surface area contributed by atoms with Gasteiger partial charge in [0, 0.05) is 11.1 Å². The molecule has 19 heavy (non-hydrogen) atoms. The summed E-state index contributed by atoms with van der Waals surface area (Å²) >= 11 is 0. The molecule has 0 aromatic heterocycles. The van der Waals surface area contributed by atoms with Crippen LogP contribution in [0.4, 0.5) is 0 Å². The maximum atomic E-state index is 12.6. The molecule has 0 radical (unpaired) electrons. The van der Waals surface area contributed by atoms with E-state index in [1.807, 2.05) is 55.5 Å². The summed E-state index contributed by atoms with van der Waals surface area (Å²) in [6, 6.07) is 15.5. The average molecular weight is 250 g/mol. The second-order valence-corrected chi connectivity index (χ2v) is 4.70. The van der Waals surface area contributed by atoms with Crippen molar-refractivity contribution in [2.75, 3.05) is 0 Å². The second-order valence-electron chi connectivity index (χ2n) is 4.70. The molecule has 0 amide bonds. The van der Waals surface area contributed by atoms with Crippen LogP contribution in [0.15, 0.2) is 55.1 Å². The summed E-state index contributed by atoms with van der Waals surface area (Å²) in [5.74, 6) is 0.0838. The Hall–Kier alpha value is -2.15. The van der Waals surface area contributed by atoms with Gasteiger partial charge in [-0.1, -0.05) is 61.5 Å². The smallest absolute Gasteiger partial charge is 0.193 e. The SMILES string of the molecule is C=C(C)c1cccc(C(=O)c2ccccc2CC)c1. The molecule has 0 aliphatic carbocycles. The number of carbonyl (C=O) groups excluding carboxylic acids is 1. The van der Waals surface area contributed by atoms with E-state index >= 15 is 0 Å². The van der Waals surface area contributed by atoms with Gasteiger partial charge in [0.15, 0.2) is 5.78 Å². The lowest BCUT2D eigenvalue weighted by Gasteiger charge is -2.08.